The number of carbonyl (C=O) groups is 4. The molecule has 0 spiro atoms. The maximum Gasteiger partial charge on any atom is 0.332 e. The van der Waals surface area contributed by atoms with E-state index in [1.807, 2.05) is 0 Å². The fourth-order valence-corrected chi connectivity index (χ4v) is 0.916. The van der Waals surface area contributed by atoms with Crippen LogP contribution in [-0.2, 0) is 28.7 Å². The lowest BCUT2D eigenvalue weighted by Crippen LogP contribution is -2.47. The van der Waals surface area contributed by atoms with Gasteiger partial charge in [-0.2, -0.15) is 0 Å². The molecule has 102 valence electrons. The Morgan fingerprint density at radius 3 is 1.83 bits per heavy atom. The maximum atomic E-state index is 10.5. The summed E-state index contributed by atoms with van der Waals surface area (Å²) in [6.45, 7) is 0.0331. The van der Waals surface area contributed by atoms with Gasteiger partial charge in [0.1, 0.15) is 0 Å². The average Bonchev–Trinajstić information content (AvgIpc) is 2.28. The molecule has 10 nitrogen and oxygen atoms in total. The number of rotatable bonds is 11. The van der Waals surface area contributed by atoms with Gasteiger partial charge in [-0.25, -0.2) is 14.9 Å². The lowest BCUT2D eigenvalue weighted by atomic mass is 10.3. The van der Waals surface area contributed by atoms with Crippen molar-refractivity contribution in [2.24, 2.45) is 0 Å². The van der Waals surface area contributed by atoms with Gasteiger partial charge in [0, 0.05) is 13.1 Å². The average molecular weight is 264 g/mol. The number of carboxylic acids is 2. The Labute approximate surface area is 101 Å². The van der Waals surface area contributed by atoms with E-state index in [0.717, 1.165) is 0 Å². The predicted molar refractivity (Wildman–Crippen MR) is 53.2 cm³/mol. The van der Waals surface area contributed by atoms with E-state index in [-0.39, 0.29) is 26.0 Å². The molecule has 0 aliphatic carbocycles. The van der Waals surface area contributed by atoms with Crippen LogP contribution in [0.4, 0.5) is 0 Å². The lowest BCUT2D eigenvalue weighted by Gasteiger charge is -2.15. The highest BCUT2D eigenvalue weighted by Crippen LogP contribution is 1.86. The minimum atomic E-state index is -1.75. The quantitative estimate of drug-likeness (QED) is 0.134. The van der Waals surface area contributed by atoms with Crippen LogP contribution >= 0.6 is 0 Å². The number of hydrogen-bond acceptors (Lipinski definition) is 8. The molecular formula is C8H12N2O8. The first-order valence-electron chi connectivity index (χ1n) is 4.63. The minimum Gasteiger partial charge on any atom is -0.480 e. The molecule has 10 heteroatoms. The monoisotopic (exact) mass is 264 g/mol. The summed E-state index contributed by atoms with van der Waals surface area (Å²) in [5.41, 5.74) is 0. The van der Waals surface area contributed by atoms with Crippen molar-refractivity contribution in [2.45, 2.75) is 12.5 Å². The third-order valence-electron chi connectivity index (χ3n) is 1.64. The van der Waals surface area contributed by atoms with Crippen LogP contribution in [0, 0.1) is 0 Å². The Bertz CT molecular complexity index is 283. The van der Waals surface area contributed by atoms with Crippen LogP contribution in [-0.4, -0.2) is 60.6 Å². The van der Waals surface area contributed by atoms with Gasteiger partial charge in [0.2, 0.25) is 6.04 Å². The second-order valence-electron chi connectivity index (χ2n) is 2.81. The van der Waals surface area contributed by atoms with Crippen LogP contribution in [0.25, 0.3) is 0 Å². The van der Waals surface area contributed by atoms with E-state index in [2.05, 4.69) is 20.1 Å². The van der Waals surface area contributed by atoms with Crippen LogP contribution in [0.1, 0.15) is 0 Å². The topological polar surface area (TPSA) is 151 Å². The van der Waals surface area contributed by atoms with Gasteiger partial charge < -0.3 is 19.7 Å². The summed E-state index contributed by atoms with van der Waals surface area (Å²) in [4.78, 5) is 40.9. The number of carboxylic acid groups (broad SMARTS) is 2. The van der Waals surface area contributed by atoms with E-state index in [0.29, 0.717) is 0 Å². The first kappa shape index (κ1) is 15.8. The van der Waals surface area contributed by atoms with Crippen molar-refractivity contribution in [2.75, 3.05) is 13.1 Å². The van der Waals surface area contributed by atoms with Crippen LogP contribution in [0.3, 0.4) is 0 Å². The Morgan fingerprint density at radius 1 is 1.00 bits per heavy atom. The molecular weight excluding hydrogens is 252 g/mol. The van der Waals surface area contributed by atoms with Crippen molar-refractivity contribution in [3.63, 3.8) is 0 Å². The molecule has 0 saturated heterocycles. The molecule has 0 saturated carbocycles. The number of ether oxygens (including phenoxy) is 2. The van der Waals surface area contributed by atoms with Gasteiger partial charge in [-0.15, -0.1) is 0 Å². The smallest absolute Gasteiger partial charge is 0.332 e. The molecule has 0 aromatic heterocycles. The summed E-state index contributed by atoms with van der Waals surface area (Å²) in [7, 11) is 0. The van der Waals surface area contributed by atoms with Crippen LogP contribution in [0.2, 0.25) is 0 Å². The zero-order valence-corrected chi connectivity index (χ0v) is 9.07. The molecule has 0 atom stereocenters. The maximum absolute atomic E-state index is 10.5. The Kier molecular flexibility index (Phi) is 7.81. The lowest BCUT2D eigenvalue weighted by molar-refractivity contribution is -0.175. The summed E-state index contributed by atoms with van der Waals surface area (Å²) in [5, 5.41) is 21.6. The molecule has 0 bridgehead atoms. The second-order valence-corrected chi connectivity index (χ2v) is 2.81. The normalized spacial score (nSPS) is 10.1. The SMILES string of the molecule is O=COC(NCCNC(C(=O)O)C(=O)O)OC=O. The van der Waals surface area contributed by atoms with E-state index in [1.165, 1.54) is 0 Å². The Hall–Kier alpha value is -2.20. The fraction of sp³-hybridized carbons (Fsp3) is 0.500. The zero-order chi connectivity index (χ0) is 14.0. The van der Waals surface area contributed by atoms with Gasteiger partial charge in [0.05, 0.1) is 0 Å². The number of carbonyl (C=O) groups excluding carboxylic acids is 2. The molecule has 0 amide bonds. The first-order valence-corrected chi connectivity index (χ1v) is 4.63. The highest BCUT2D eigenvalue weighted by Gasteiger charge is 2.24. The van der Waals surface area contributed by atoms with Crippen molar-refractivity contribution in [3.05, 3.63) is 0 Å². The summed E-state index contributed by atoms with van der Waals surface area (Å²) in [5.74, 6) is -3.07. The molecule has 0 aromatic carbocycles. The van der Waals surface area contributed by atoms with E-state index >= 15 is 0 Å². The Balaban J connectivity index is 3.94. The van der Waals surface area contributed by atoms with Crippen LogP contribution in [0.15, 0.2) is 0 Å². The Morgan fingerprint density at radius 2 is 1.44 bits per heavy atom. The van der Waals surface area contributed by atoms with E-state index in [4.69, 9.17) is 10.2 Å². The van der Waals surface area contributed by atoms with E-state index < -0.39 is 24.4 Å². The summed E-state index contributed by atoms with van der Waals surface area (Å²) in [6, 6.07) is -1.75. The number of aliphatic carboxylic acids is 2. The third kappa shape index (κ3) is 6.40. The number of nitrogens with one attached hydrogen (secondary N) is 2. The highest BCUT2D eigenvalue weighted by atomic mass is 16.7. The van der Waals surface area contributed by atoms with Crippen molar-refractivity contribution in [3.8, 4) is 0 Å². The molecule has 0 heterocycles. The van der Waals surface area contributed by atoms with Gasteiger partial charge in [-0.05, 0) is 0 Å². The first-order chi connectivity index (χ1) is 8.52. The summed E-state index contributed by atoms with van der Waals surface area (Å²) >= 11 is 0. The molecule has 0 rings (SSSR count). The van der Waals surface area contributed by atoms with Crippen molar-refractivity contribution in [1.82, 2.24) is 10.6 Å². The molecule has 0 unspecified atom stereocenters. The summed E-state index contributed by atoms with van der Waals surface area (Å²) < 4.78 is 8.56. The van der Waals surface area contributed by atoms with Crippen LogP contribution in [0.5, 0.6) is 0 Å². The minimum absolute atomic E-state index is 0.00338. The van der Waals surface area contributed by atoms with Crippen LogP contribution < -0.4 is 10.6 Å². The molecule has 4 N–H and O–H groups in total. The van der Waals surface area contributed by atoms with Crippen molar-refractivity contribution < 1.29 is 38.9 Å². The molecule has 0 aliphatic rings. The predicted octanol–water partition coefficient (Wildman–Crippen LogP) is -2.67. The third-order valence-corrected chi connectivity index (χ3v) is 1.64. The van der Waals surface area contributed by atoms with Crippen molar-refractivity contribution in [1.29, 1.82) is 0 Å². The zero-order valence-electron chi connectivity index (χ0n) is 9.07. The molecule has 0 aliphatic heterocycles. The van der Waals surface area contributed by atoms with Gasteiger partial charge in [-0.1, -0.05) is 0 Å². The van der Waals surface area contributed by atoms with Gasteiger partial charge in [0.25, 0.3) is 12.9 Å². The molecule has 0 radical (unpaired) electrons. The summed E-state index contributed by atoms with van der Waals surface area (Å²) in [6.07, 6.45) is -1.31. The standard InChI is InChI=1S/C8H12N2O8/c11-3-17-8(18-4-12)10-2-1-9-5(6(13)14)7(15)16/h3-5,8-10H,1-2H2,(H,13,14)(H,15,16). The largest absolute Gasteiger partial charge is 0.480 e. The van der Waals surface area contributed by atoms with Gasteiger partial charge in [0.15, 0.2) is 0 Å². The fourth-order valence-electron chi connectivity index (χ4n) is 0.916. The molecule has 0 aromatic rings. The molecule has 0 fully saturated rings. The van der Waals surface area contributed by atoms with Gasteiger partial charge in [-0.3, -0.25) is 14.9 Å². The van der Waals surface area contributed by atoms with Crippen molar-refractivity contribution >= 4 is 24.9 Å². The highest BCUT2D eigenvalue weighted by molar-refractivity contribution is 5.97. The number of hydrogen-bond donors (Lipinski definition) is 4. The van der Waals surface area contributed by atoms with E-state index in [9.17, 15) is 19.2 Å². The van der Waals surface area contributed by atoms with E-state index in [1.54, 1.807) is 0 Å². The van der Waals surface area contributed by atoms with Gasteiger partial charge >= 0.3 is 18.4 Å². The molecule has 18 heavy (non-hydrogen) atoms. The second kappa shape index (κ2) is 8.90.